The van der Waals surface area contributed by atoms with Crippen LogP contribution in [0.1, 0.15) is 33.6 Å². The molecule has 3 aliphatic rings. The Kier molecular flexibility index (Phi) is 3.46. The number of carbonyl (C=O) groups excluding carboxylic acids is 2. The number of rotatable bonds is 4. The van der Waals surface area contributed by atoms with E-state index >= 15 is 0 Å². The molecule has 0 aromatic heterocycles. The second kappa shape index (κ2) is 4.75. The Labute approximate surface area is 107 Å². The van der Waals surface area contributed by atoms with Gasteiger partial charge in [0.15, 0.2) is 5.41 Å². The molecule has 0 aromatic rings. The molecule has 0 unspecified atom stereocenters. The van der Waals surface area contributed by atoms with Crippen LogP contribution < -0.4 is 0 Å². The number of hydrogen-bond acceptors (Lipinski definition) is 4. The van der Waals surface area contributed by atoms with Gasteiger partial charge < -0.3 is 9.47 Å². The molecule has 100 valence electrons. The molecule has 3 rings (SSSR count). The van der Waals surface area contributed by atoms with E-state index in [1.54, 1.807) is 13.8 Å². The SMILES string of the molecule is CCOC(=O)C1(C(=O)OCC)[C@H]2CC=C(C)[C@@H]1C2. The van der Waals surface area contributed by atoms with E-state index in [0.29, 0.717) is 13.2 Å². The van der Waals surface area contributed by atoms with Gasteiger partial charge in [-0.3, -0.25) is 9.59 Å². The summed E-state index contributed by atoms with van der Waals surface area (Å²) < 4.78 is 10.3. The quantitative estimate of drug-likeness (QED) is 0.437. The number of allylic oxidation sites excluding steroid dienone is 2. The standard InChI is InChI=1S/C14H20O4/c1-4-17-12(15)14(13(16)18-5-2)10-7-6-9(3)11(14)8-10/h6,10-11H,4-5,7-8H2,1-3H3/t10-,11-/m0/s1. The fourth-order valence-electron chi connectivity index (χ4n) is 3.28. The molecule has 1 fully saturated rings. The van der Waals surface area contributed by atoms with Crippen molar-refractivity contribution >= 4 is 11.9 Å². The normalized spacial score (nSPS) is 27.8. The minimum Gasteiger partial charge on any atom is -0.465 e. The molecule has 1 saturated carbocycles. The molecular formula is C14H20O4. The fraction of sp³-hybridized carbons (Fsp3) is 0.714. The van der Waals surface area contributed by atoms with Gasteiger partial charge in [0.2, 0.25) is 0 Å². The second-order valence-electron chi connectivity index (χ2n) is 4.98. The Hall–Kier alpha value is -1.32. The molecule has 0 amide bonds. The van der Waals surface area contributed by atoms with Crippen molar-refractivity contribution < 1.29 is 19.1 Å². The summed E-state index contributed by atoms with van der Waals surface area (Å²) in [4.78, 5) is 24.5. The van der Waals surface area contributed by atoms with Gasteiger partial charge >= 0.3 is 11.9 Å². The molecule has 2 atom stereocenters. The third-order valence-corrected chi connectivity index (χ3v) is 4.21. The minimum absolute atomic E-state index is 0.0330. The highest BCUT2D eigenvalue weighted by Gasteiger charge is 2.68. The van der Waals surface area contributed by atoms with Gasteiger partial charge in [-0.25, -0.2) is 0 Å². The maximum atomic E-state index is 12.3. The van der Waals surface area contributed by atoms with E-state index in [1.165, 1.54) is 0 Å². The first-order valence-corrected chi connectivity index (χ1v) is 6.60. The number of fused-ring (bicyclic) bond motifs is 1. The Balaban J connectivity index is 2.34. The molecule has 0 spiro atoms. The van der Waals surface area contributed by atoms with Crippen LogP contribution in [0.4, 0.5) is 0 Å². The summed E-state index contributed by atoms with van der Waals surface area (Å²) in [7, 11) is 0. The average Bonchev–Trinajstić information content (AvgIpc) is 2.29. The van der Waals surface area contributed by atoms with Crippen LogP contribution in [-0.4, -0.2) is 25.2 Å². The van der Waals surface area contributed by atoms with Crippen molar-refractivity contribution in [2.75, 3.05) is 13.2 Å². The summed E-state index contributed by atoms with van der Waals surface area (Å²) >= 11 is 0. The minimum atomic E-state index is -1.06. The lowest BCUT2D eigenvalue weighted by molar-refractivity contribution is -0.195. The molecule has 3 aliphatic carbocycles. The smallest absolute Gasteiger partial charge is 0.324 e. The van der Waals surface area contributed by atoms with Crippen LogP contribution in [0.3, 0.4) is 0 Å². The number of ether oxygens (including phenoxy) is 2. The van der Waals surface area contributed by atoms with E-state index in [2.05, 4.69) is 6.08 Å². The zero-order chi connectivity index (χ0) is 13.3. The first-order chi connectivity index (χ1) is 8.58. The lowest BCUT2D eigenvalue weighted by Gasteiger charge is -2.54. The monoisotopic (exact) mass is 252 g/mol. The van der Waals surface area contributed by atoms with Crippen molar-refractivity contribution in [3.8, 4) is 0 Å². The summed E-state index contributed by atoms with van der Waals surface area (Å²) in [5, 5.41) is 0. The van der Waals surface area contributed by atoms with Gasteiger partial charge in [-0.05, 0) is 39.5 Å². The maximum Gasteiger partial charge on any atom is 0.324 e. The van der Waals surface area contributed by atoms with Crippen LogP contribution in [0.2, 0.25) is 0 Å². The van der Waals surface area contributed by atoms with Crippen molar-refractivity contribution in [1.29, 1.82) is 0 Å². The zero-order valence-electron chi connectivity index (χ0n) is 11.2. The highest BCUT2D eigenvalue weighted by Crippen LogP contribution is 2.60. The van der Waals surface area contributed by atoms with Gasteiger partial charge in [-0.15, -0.1) is 0 Å². The molecule has 2 bridgehead atoms. The van der Waals surface area contributed by atoms with Gasteiger partial charge in [0.1, 0.15) is 0 Å². The predicted octanol–water partition coefficient (Wildman–Crippen LogP) is 2.09. The number of esters is 2. The number of carbonyl (C=O) groups is 2. The molecule has 4 heteroatoms. The van der Waals surface area contributed by atoms with Gasteiger partial charge in [0.25, 0.3) is 0 Å². The van der Waals surface area contributed by atoms with Crippen LogP contribution in [0.5, 0.6) is 0 Å². The van der Waals surface area contributed by atoms with Gasteiger partial charge in [-0.1, -0.05) is 11.6 Å². The number of hydrogen-bond donors (Lipinski definition) is 0. The van der Waals surface area contributed by atoms with E-state index < -0.39 is 17.4 Å². The van der Waals surface area contributed by atoms with Crippen LogP contribution in [0.15, 0.2) is 11.6 Å². The van der Waals surface area contributed by atoms with E-state index in [4.69, 9.17) is 9.47 Å². The predicted molar refractivity (Wildman–Crippen MR) is 65.7 cm³/mol. The zero-order valence-corrected chi connectivity index (χ0v) is 11.2. The topological polar surface area (TPSA) is 52.6 Å². The molecule has 0 heterocycles. The summed E-state index contributed by atoms with van der Waals surface area (Å²) in [6, 6.07) is 0. The molecule has 0 aromatic carbocycles. The summed E-state index contributed by atoms with van der Waals surface area (Å²) in [5.74, 6) is -0.798. The van der Waals surface area contributed by atoms with Gasteiger partial charge in [-0.2, -0.15) is 0 Å². The summed E-state index contributed by atoms with van der Waals surface area (Å²) in [6.45, 7) is 6.08. The average molecular weight is 252 g/mol. The largest absolute Gasteiger partial charge is 0.465 e. The molecule has 4 nitrogen and oxygen atoms in total. The Morgan fingerprint density at radius 2 is 1.83 bits per heavy atom. The Morgan fingerprint density at radius 3 is 2.22 bits per heavy atom. The van der Waals surface area contributed by atoms with E-state index in [9.17, 15) is 9.59 Å². The molecule has 0 radical (unpaired) electrons. The Bertz CT molecular complexity index is 379. The first-order valence-electron chi connectivity index (χ1n) is 6.60. The van der Waals surface area contributed by atoms with Crippen LogP contribution >= 0.6 is 0 Å². The van der Waals surface area contributed by atoms with Gasteiger partial charge in [0, 0.05) is 5.92 Å². The molecular weight excluding hydrogens is 232 g/mol. The van der Waals surface area contributed by atoms with E-state index in [0.717, 1.165) is 18.4 Å². The van der Waals surface area contributed by atoms with Gasteiger partial charge in [0.05, 0.1) is 13.2 Å². The third kappa shape index (κ3) is 1.58. The molecule has 0 N–H and O–H groups in total. The second-order valence-corrected chi connectivity index (χ2v) is 4.98. The van der Waals surface area contributed by atoms with Crippen molar-refractivity contribution in [2.45, 2.75) is 33.6 Å². The summed E-state index contributed by atoms with van der Waals surface area (Å²) in [5.41, 5.74) is 0.0452. The highest BCUT2D eigenvalue weighted by atomic mass is 16.6. The lowest BCUT2D eigenvalue weighted by Crippen LogP contribution is -2.62. The molecule has 18 heavy (non-hydrogen) atoms. The molecule has 0 saturated heterocycles. The fourth-order valence-corrected chi connectivity index (χ4v) is 3.28. The maximum absolute atomic E-state index is 12.3. The highest BCUT2D eigenvalue weighted by molar-refractivity contribution is 6.03. The van der Waals surface area contributed by atoms with Crippen molar-refractivity contribution in [1.82, 2.24) is 0 Å². The van der Waals surface area contributed by atoms with Crippen molar-refractivity contribution in [3.63, 3.8) is 0 Å². The van der Waals surface area contributed by atoms with Crippen LogP contribution in [-0.2, 0) is 19.1 Å². The first kappa shape index (κ1) is 13.1. The van der Waals surface area contributed by atoms with Crippen molar-refractivity contribution in [2.24, 2.45) is 17.3 Å². The molecule has 0 aliphatic heterocycles. The van der Waals surface area contributed by atoms with E-state index in [1.807, 2.05) is 6.92 Å². The summed E-state index contributed by atoms with van der Waals surface area (Å²) in [6.07, 6.45) is 3.77. The van der Waals surface area contributed by atoms with Crippen LogP contribution in [0.25, 0.3) is 0 Å². The van der Waals surface area contributed by atoms with E-state index in [-0.39, 0.29) is 11.8 Å². The lowest BCUT2D eigenvalue weighted by atomic mass is 9.47. The Morgan fingerprint density at radius 1 is 1.28 bits per heavy atom. The van der Waals surface area contributed by atoms with Crippen LogP contribution in [0, 0.1) is 17.3 Å². The van der Waals surface area contributed by atoms with Crippen molar-refractivity contribution in [3.05, 3.63) is 11.6 Å². The third-order valence-electron chi connectivity index (χ3n) is 4.21.